The molecular formula is C11H20F2N2O. The zero-order chi connectivity index (χ0) is 12.6. The predicted octanol–water partition coefficient (Wildman–Crippen LogP) is 1.49. The highest BCUT2D eigenvalue weighted by Gasteiger charge is 2.43. The SMILES string of the molecule is CN(CC(C)(C)C)C(=O)C1CC(F)(F)CN1. The van der Waals surface area contributed by atoms with Crippen LogP contribution in [0.2, 0.25) is 0 Å². The summed E-state index contributed by atoms with van der Waals surface area (Å²) < 4.78 is 25.8. The average Bonchev–Trinajstić information content (AvgIpc) is 2.41. The van der Waals surface area contributed by atoms with E-state index >= 15 is 0 Å². The van der Waals surface area contributed by atoms with Crippen LogP contribution in [0, 0.1) is 5.41 Å². The van der Waals surface area contributed by atoms with E-state index in [0.717, 1.165) is 0 Å². The third kappa shape index (κ3) is 3.70. The normalized spacial score (nSPS) is 24.5. The lowest BCUT2D eigenvalue weighted by Gasteiger charge is -2.28. The van der Waals surface area contributed by atoms with Crippen molar-refractivity contribution in [2.75, 3.05) is 20.1 Å². The van der Waals surface area contributed by atoms with E-state index in [2.05, 4.69) is 5.32 Å². The van der Waals surface area contributed by atoms with Crippen molar-refractivity contribution in [3.05, 3.63) is 0 Å². The fraction of sp³-hybridized carbons (Fsp3) is 0.909. The molecule has 1 aliphatic rings. The lowest BCUT2D eigenvalue weighted by atomic mass is 9.96. The first kappa shape index (κ1) is 13.4. The van der Waals surface area contributed by atoms with Gasteiger partial charge in [0.2, 0.25) is 5.91 Å². The molecule has 1 saturated heterocycles. The van der Waals surface area contributed by atoms with Gasteiger partial charge in [-0.25, -0.2) is 8.78 Å². The van der Waals surface area contributed by atoms with E-state index in [1.807, 2.05) is 20.8 Å². The molecule has 0 aromatic heterocycles. The van der Waals surface area contributed by atoms with E-state index in [1.54, 1.807) is 7.05 Å². The minimum Gasteiger partial charge on any atom is -0.344 e. The van der Waals surface area contributed by atoms with Crippen molar-refractivity contribution in [3.63, 3.8) is 0 Å². The number of nitrogens with zero attached hydrogens (tertiary/aromatic N) is 1. The number of rotatable bonds is 2. The van der Waals surface area contributed by atoms with Crippen LogP contribution < -0.4 is 5.32 Å². The quantitative estimate of drug-likeness (QED) is 0.785. The van der Waals surface area contributed by atoms with E-state index in [0.29, 0.717) is 6.54 Å². The number of halogens is 2. The molecule has 1 unspecified atom stereocenters. The highest BCUT2D eigenvalue weighted by Crippen LogP contribution is 2.26. The van der Waals surface area contributed by atoms with Crippen LogP contribution >= 0.6 is 0 Å². The molecule has 0 bridgehead atoms. The Bertz CT molecular complexity index is 274. The van der Waals surface area contributed by atoms with Crippen LogP contribution in [0.15, 0.2) is 0 Å². The Balaban J connectivity index is 2.53. The number of hydrogen-bond acceptors (Lipinski definition) is 2. The summed E-state index contributed by atoms with van der Waals surface area (Å²) in [7, 11) is 1.66. The number of nitrogens with one attached hydrogen (secondary N) is 1. The van der Waals surface area contributed by atoms with Crippen molar-refractivity contribution in [1.29, 1.82) is 0 Å². The first-order valence-corrected chi connectivity index (χ1v) is 5.47. The second kappa shape index (κ2) is 4.28. The van der Waals surface area contributed by atoms with Crippen LogP contribution in [0.4, 0.5) is 8.78 Å². The molecule has 1 N–H and O–H groups in total. The highest BCUT2D eigenvalue weighted by molar-refractivity contribution is 5.82. The molecule has 94 valence electrons. The van der Waals surface area contributed by atoms with Gasteiger partial charge in [0, 0.05) is 20.0 Å². The van der Waals surface area contributed by atoms with Gasteiger partial charge in [-0.1, -0.05) is 20.8 Å². The maximum atomic E-state index is 12.9. The molecule has 1 rings (SSSR count). The Morgan fingerprint density at radius 3 is 2.44 bits per heavy atom. The maximum Gasteiger partial charge on any atom is 0.262 e. The van der Waals surface area contributed by atoms with Gasteiger partial charge in [-0.15, -0.1) is 0 Å². The second-order valence-corrected chi connectivity index (χ2v) is 5.75. The van der Waals surface area contributed by atoms with Gasteiger partial charge in [0.1, 0.15) is 0 Å². The molecule has 0 saturated carbocycles. The van der Waals surface area contributed by atoms with Crippen molar-refractivity contribution in [3.8, 4) is 0 Å². The molecule has 1 atom stereocenters. The number of likely N-dealkylation sites (N-methyl/N-ethyl adjacent to an activating group) is 1. The minimum absolute atomic E-state index is 0.0223. The number of carbonyl (C=O) groups is 1. The Morgan fingerprint density at radius 2 is 2.06 bits per heavy atom. The topological polar surface area (TPSA) is 32.3 Å². The Morgan fingerprint density at radius 1 is 1.50 bits per heavy atom. The average molecular weight is 234 g/mol. The molecule has 0 aromatic rings. The first-order chi connectivity index (χ1) is 7.11. The first-order valence-electron chi connectivity index (χ1n) is 5.47. The molecule has 1 aliphatic heterocycles. The van der Waals surface area contributed by atoms with Gasteiger partial charge in [0.15, 0.2) is 0 Å². The molecule has 1 amide bonds. The van der Waals surface area contributed by atoms with E-state index in [-0.39, 0.29) is 17.7 Å². The van der Waals surface area contributed by atoms with Crippen LogP contribution in [0.5, 0.6) is 0 Å². The molecular weight excluding hydrogens is 214 g/mol. The summed E-state index contributed by atoms with van der Waals surface area (Å²) in [5.41, 5.74) is -0.0223. The molecule has 0 aliphatic carbocycles. The van der Waals surface area contributed by atoms with E-state index in [9.17, 15) is 13.6 Å². The number of amides is 1. The molecule has 3 nitrogen and oxygen atoms in total. The van der Waals surface area contributed by atoms with Gasteiger partial charge < -0.3 is 4.90 Å². The van der Waals surface area contributed by atoms with Gasteiger partial charge in [0.25, 0.3) is 5.92 Å². The molecule has 0 radical (unpaired) electrons. The van der Waals surface area contributed by atoms with Crippen molar-refractivity contribution in [1.82, 2.24) is 10.2 Å². The van der Waals surface area contributed by atoms with Gasteiger partial charge in [-0.05, 0) is 5.41 Å². The lowest BCUT2D eigenvalue weighted by Crippen LogP contribution is -2.44. The molecule has 0 aromatic carbocycles. The van der Waals surface area contributed by atoms with Crippen molar-refractivity contribution < 1.29 is 13.6 Å². The molecule has 0 spiro atoms. The summed E-state index contributed by atoms with van der Waals surface area (Å²) in [6.45, 7) is 6.19. The fourth-order valence-electron chi connectivity index (χ4n) is 1.95. The minimum atomic E-state index is -2.75. The number of carbonyl (C=O) groups excluding carboxylic acids is 1. The third-order valence-electron chi connectivity index (χ3n) is 2.50. The summed E-state index contributed by atoms with van der Waals surface area (Å²) in [6, 6.07) is -0.734. The third-order valence-corrected chi connectivity index (χ3v) is 2.50. The van der Waals surface area contributed by atoms with E-state index < -0.39 is 18.5 Å². The van der Waals surface area contributed by atoms with Gasteiger partial charge in [-0.2, -0.15) is 0 Å². The van der Waals surface area contributed by atoms with E-state index in [4.69, 9.17) is 0 Å². The Hall–Kier alpha value is -0.710. The summed E-state index contributed by atoms with van der Waals surface area (Å²) >= 11 is 0. The smallest absolute Gasteiger partial charge is 0.262 e. The van der Waals surface area contributed by atoms with Crippen LogP contribution in [-0.2, 0) is 4.79 Å². The van der Waals surface area contributed by atoms with Crippen LogP contribution in [0.25, 0.3) is 0 Å². The predicted molar refractivity (Wildman–Crippen MR) is 58.4 cm³/mol. The number of alkyl halides is 2. The molecule has 1 fully saturated rings. The zero-order valence-corrected chi connectivity index (χ0v) is 10.3. The van der Waals surface area contributed by atoms with E-state index in [1.165, 1.54) is 4.90 Å². The van der Waals surface area contributed by atoms with Crippen LogP contribution in [0.1, 0.15) is 27.2 Å². The largest absolute Gasteiger partial charge is 0.344 e. The zero-order valence-electron chi connectivity index (χ0n) is 10.3. The maximum absolute atomic E-state index is 12.9. The van der Waals surface area contributed by atoms with Crippen molar-refractivity contribution >= 4 is 5.91 Å². The standard InChI is InChI=1S/C11H20F2N2O/c1-10(2,3)7-15(4)9(16)8-5-11(12,13)6-14-8/h8,14H,5-7H2,1-4H3. The Kier molecular flexibility index (Phi) is 3.57. The van der Waals surface area contributed by atoms with Crippen LogP contribution in [-0.4, -0.2) is 42.9 Å². The van der Waals surface area contributed by atoms with Gasteiger partial charge in [0.05, 0.1) is 12.6 Å². The monoisotopic (exact) mass is 234 g/mol. The number of hydrogen-bond donors (Lipinski definition) is 1. The summed E-state index contributed by atoms with van der Waals surface area (Å²) in [5, 5.41) is 2.57. The molecule has 1 heterocycles. The highest BCUT2D eigenvalue weighted by atomic mass is 19.3. The Labute approximate surface area is 95.2 Å². The van der Waals surface area contributed by atoms with Gasteiger partial charge >= 0.3 is 0 Å². The van der Waals surface area contributed by atoms with Crippen molar-refractivity contribution in [2.24, 2.45) is 5.41 Å². The summed E-state index contributed by atoms with van der Waals surface area (Å²) in [4.78, 5) is 13.4. The van der Waals surface area contributed by atoms with Gasteiger partial charge in [-0.3, -0.25) is 10.1 Å². The summed E-state index contributed by atoms with van der Waals surface area (Å²) in [6.07, 6.45) is -0.389. The van der Waals surface area contributed by atoms with Crippen LogP contribution in [0.3, 0.4) is 0 Å². The fourth-order valence-corrected chi connectivity index (χ4v) is 1.95. The lowest BCUT2D eigenvalue weighted by molar-refractivity contribution is -0.133. The molecule has 5 heteroatoms. The second-order valence-electron chi connectivity index (χ2n) is 5.75. The van der Waals surface area contributed by atoms with Crippen molar-refractivity contribution in [2.45, 2.75) is 39.2 Å². The summed E-state index contributed by atoms with van der Waals surface area (Å²) in [5.74, 6) is -2.99. The molecule has 16 heavy (non-hydrogen) atoms.